The molecule has 64 valence electrons. The van der Waals surface area contributed by atoms with Crippen molar-refractivity contribution in [2.24, 2.45) is 0 Å². The minimum atomic E-state index is -3.74. The standard InChI is InChI=1S/C5H12O3S2.Rb.H/c1-2-3-4-9-5-10(6,7)8;;/h2-5H2,1H3,(H,6,7,8);;. The van der Waals surface area contributed by atoms with Crippen molar-refractivity contribution in [3.63, 3.8) is 0 Å². The predicted octanol–water partition coefficient (Wildman–Crippen LogP) is 0.716. The van der Waals surface area contributed by atoms with E-state index in [0.29, 0.717) is 0 Å². The molecule has 0 aliphatic heterocycles. The van der Waals surface area contributed by atoms with Gasteiger partial charge >= 0.3 is 58.2 Å². The van der Waals surface area contributed by atoms with Crippen LogP contribution < -0.4 is 0 Å². The van der Waals surface area contributed by atoms with Gasteiger partial charge in [-0.3, -0.25) is 4.55 Å². The van der Waals surface area contributed by atoms with Crippen LogP contribution in [-0.4, -0.2) is 82.0 Å². The van der Waals surface area contributed by atoms with Crippen LogP contribution in [0, 0.1) is 0 Å². The molecule has 0 saturated heterocycles. The van der Waals surface area contributed by atoms with E-state index < -0.39 is 10.1 Å². The van der Waals surface area contributed by atoms with E-state index in [2.05, 4.69) is 0 Å². The molecule has 0 aliphatic carbocycles. The van der Waals surface area contributed by atoms with Crippen molar-refractivity contribution in [3.8, 4) is 0 Å². The summed E-state index contributed by atoms with van der Waals surface area (Å²) in [5, 5.41) is -0.174. The molecule has 6 heteroatoms. The van der Waals surface area contributed by atoms with Gasteiger partial charge in [-0.15, -0.1) is 11.8 Å². The summed E-state index contributed by atoms with van der Waals surface area (Å²) in [6, 6.07) is 0. The van der Waals surface area contributed by atoms with Crippen LogP contribution in [0.2, 0.25) is 0 Å². The van der Waals surface area contributed by atoms with Crippen LogP contribution in [0.1, 0.15) is 19.8 Å². The summed E-state index contributed by atoms with van der Waals surface area (Å²) in [5.41, 5.74) is 0. The topological polar surface area (TPSA) is 54.4 Å². The first-order valence-corrected chi connectivity index (χ1v) is 5.85. The van der Waals surface area contributed by atoms with Crippen molar-refractivity contribution >= 4 is 80.1 Å². The van der Waals surface area contributed by atoms with E-state index in [-0.39, 0.29) is 63.3 Å². The van der Waals surface area contributed by atoms with Gasteiger partial charge in [-0.05, 0) is 12.2 Å². The van der Waals surface area contributed by atoms with Gasteiger partial charge in [0.15, 0.2) is 0 Å². The fourth-order valence-electron chi connectivity index (χ4n) is 0.411. The molecular formula is C5H13O3RbS2. The number of thioether (sulfide) groups is 1. The van der Waals surface area contributed by atoms with Gasteiger partial charge in [0.2, 0.25) is 0 Å². The maximum absolute atomic E-state index is 10.1. The van der Waals surface area contributed by atoms with Gasteiger partial charge in [0, 0.05) is 0 Å². The van der Waals surface area contributed by atoms with E-state index >= 15 is 0 Å². The zero-order valence-corrected chi connectivity index (χ0v) is 7.54. The minimum absolute atomic E-state index is 0. The van der Waals surface area contributed by atoms with Crippen LogP contribution in [0.3, 0.4) is 0 Å². The zero-order valence-electron chi connectivity index (χ0n) is 5.91. The Hall–Kier alpha value is 2.07. The normalized spacial score (nSPS) is 10.7. The molecule has 0 aromatic heterocycles. The van der Waals surface area contributed by atoms with Crippen LogP contribution in [0.25, 0.3) is 0 Å². The third-order valence-electron chi connectivity index (χ3n) is 0.874. The molecule has 11 heavy (non-hydrogen) atoms. The second-order valence-electron chi connectivity index (χ2n) is 1.96. The van der Waals surface area contributed by atoms with Gasteiger partial charge in [0.05, 0.1) is 0 Å². The van der Waals surface area contributed by atoms with Gasteiger partial charge in [-0.2, -0.15) is 8.42 Å². The molecule has 0 spiro atoms. The average Bonchev–Trinajstić information content (AvgIpc) is 1.78. The number of hydrogen-bond acceptors (Lipinski definition) is 3. The number of unbranched alkanes of at least 4 members (excludes halogenated alkanes) is 1. The Kier molecular flexibility index (Phi) is 12.2. The fraction of sp³-hybridized carbons (Fsp3) is 1.00. The Balaban J connectivity index is 0. The number of hydrogen-bond donors (Lipinski definition) is 1. The Bertz CT molecular complexity index is 167. The molecule has 0 unspecified atom stereocenters. The summed E-state index contributed by atoms with van der Waals surface area (Å²) < 4.78 is 28.5. The summed E-state index contributed by atoms with van der Waals surface area (Å²) in [5.74, 6) is 0.802. The van der Waals surface area contributed by atoms with E-state index in [4.69, 9.17) is 4.55 Å². The van der Waals surface area contributed by atoms with E-state index in [1.807, 2.05) is 6.92 Å². The van der Waals surface area contributed by atoms with Crippen LogP contribution in [-0.2, 0) is 10.1 Å². The molecule has 3 nitrogen and oxygen atoms in total. The molecular weight excluding hydrogens is 258 g/mol. The summed E-state index contributed by atoms with van der Waals surface area (Å²) in [7, 11) is -3.74. The third kappa shape index (κ3) is 14.9. The van der Waals surface area contributed by atoms with Gasteiger partial charge in [0.25, 0.3) is 10.1 Å². The van der Waals surface area contributed by atoms with Crippen LogP contribution in [0.15, 0.2) is 0 Å². The average molecular weight is 271 g/mol. The van der Waals surface area contributed by atoms with Crippen molar-refractivity contribution in [3.05, 3.63) is 0 Å². The quantitative estimate of drug-likeness (QED) is 0.591. The van der Waals surface area contributed by atoms with Gasteiger partial charge in [0.1, 0.15) is 5.08 Å². The molecule has 0 aromatic carbocycles. The molecule has 0 atom stereocenters. The van der Waals surface area contributed by atoms with Gasteiger partial charge < -0.3 is 0 Å². The molecule has 0 fully saturated rings. The third-order valence-corrected chi connectivity index (χ3v) is 3.31. The van der Waals surface area contributed by atoms with Gasteiger partial charge in [-0.1, -0.05) is 13.3 Å². The summed E-state index contributed by atoms with van der Waals surface area (Å²) in [6.07, 6.45) is 2.05. The van der Waals surface area contributed by atoms with E-state index in [1.165, 1.54) is 11.8 Å². The van der Waals surface area contributed by atoms with Gasteiger partial charge in [-0.25, -0.2) is 0 Å². The summed E-state index contributed by atoms with van der Waals surface area (Å²) >= 11 is 1.25. The van der Waals surface area contributed by atoms with Crippen molar-refractivity contribution in [2.75, 3.05) is 10.8 Å². The van der Waals surface area contributed by atoms with Crippen molar-refractivity contribution in [1.29, 1.82) is 0 Å². The van der Waals surface area contributed by atoms with Crippen molar-refractivity contribution in [1.82, 2.24) is 0 Å². The molecule has 0 bridgehead atoms. The van der Waals surface area contributed by atoms with E-state index in [0.717, 1.165) is 18.6 Å². The zero-order chi connectivity index (χ0) is 8.04. The maximum atomic E-state index is 10.1. The Morgan fingerprint density at radius 1 is 1.45 bits per heavy atom. The van der Waals surface area contributed by atoms with Crippen LogP contribution in [0.5, 0.6) is 0 Å². The molecule has 0 rings (SSSR count). The molecule has 0 amide bonds. The first-order chi connectivity index (χ1) is 4.56. The van der Waals surface area contributed by atoms with E-state index in [9.17, 15) is 8.42 Å². The number of rotatable bonds is 5. The second-order valence-corrected chi connectivity index (χ2v) is 4.88. The molecule has 0 aliphatic rings. The molecule has 0 aromatic rings. The van der Waals surface area contributed by atoms with Crippen molar-refractivity contribution in [2.45, 2.75) is 19.8 Å². The molecule has 0 radical (unpaired) electrons. The Morgan fingerprint density at radius 2 is 2.00 bits per heavy atom. The van der Waals surface area contributed by atoms with Crippen molar-refractivity contribution < 1.29 is 13.0 Å². The van der Waals surface area contributed by atoms with E-state index in [1.54, 1.807) is 0 Å². The first-order valence-electron chi connectivity index (χ1n) is 3.09. The molecule has 0 heterocycles. The van der Waals surface area contributed by atoms with Crippen LogP contribution >= 0.6 is 11.8 Å². The monoisotopic (exact) mass is 270 g/mol. The molecule has 0 saturated carbocycles. The SMILES string of the molecule is CCCCSCS(=O)(=O)O.[RbH]. The second kappa shape index (κ2) is 8.65. The first kappa shape index (κ1) is 15.5. The van der Waals surface area contributed by atoms with Crippen LogP contribution in [0.4, 0.5) is 0 Å². The predicted molar refractivity (Wildman–Crippen MR) is 50.9 cm³/mol. The summed E-state index contributed by atoms with van der Waals surface area (Å²) in [4.78, 5) is 0. The Labute approximate surface area is 121 Å². The fourth-order valence-corrected chi connectivity index (χ4v) is 2.22. The summed E-state index contributed by atoms with van der Waals surface area (Å²) in [6.45, 7) is 2.04. The molecule has 1 N–H and O–H groups in total. The Morgan fingerprint density at radius 3 is 2.36 bits per heavy atom.